The summed E-state index contributed by atoms with van der Waals surface area (Å²) in [7, 11) is 1.46. The summed E-state index contributed by atoms with van der Waals surface area (Å²) < 4.78 is 5.13. The number of ether oxygens (including phenoxy) is 1. The number of carbonyl (C=O) groups excluding carboxylic acids is 1. The van der Waals surface area contributed by atoms with Gasteiger partial charge in [0.25, 0.3) is 5.91 Å². The van der Waals surface area contributed by atoms with E-state index in [0.29, 0.717) is 22.0 Å². The number of hydrogen-bond acceptors (Lipinski definition) is 3. The number of methoxy groups -OCH3 is 1. The highest BCUT2D eigenvalue weighted by molar-refractivity contribution is 6.32. The zero-order chi connectivity index (χ0) is 14.5. The Hall–Kier alpha value is -2.04. The van der Waals surface area contributed by atoms with Crippen molar-refractivity contribution in [3.8, 4) is 5.75 Å². The molecule has 0 saturated heterocycles. The molecule has 2 aromatic carbocycles. The third-order valence-electron chi connectivity index (χ3n) is 2.79. The predicted octanol–water partition coefficient (Wildman–Crippen LogP) is 3.02. The molecule has 1 amide bonds. The minimum absolute atomic E-state index is 0.364. The molecule has 0 aliphatic rings. The summed E-state index contributed by atoms with van der Waals surface area (Å²) in [5.74, 6) is -0.181. The van der Waals surface area contributed by atoms with Gasteiger partial charge in [-0.2, -0.15) is 0 Å². The lowest BCUT2D eigenvalue weighted by Crippen LogP contribution is -2.21. The van der Waals surface area contributed by atoms with Gasteiger partial charge in [-0.15, -0.1) is 0 Å². The Morgan fingerprint density at radius 1 is 1.20 bits per heavy atom. The summed E-state index contributed by atoms with van der Waals surface area (Å²) in [6, 6.07) is 13.7. The third-order valence-corrected chi connectivity index (χ3v) is 3.09. The lowest BCUT2D eigenvalue weighted by molar-refractivity contribution is -0.124. The fourth-order valence-electron chi connectivity index (χ4n) is 1.80. The van der Waals surface area contributed by atoms with Gasteiger partial charge in [-0.25, -0.2) is 0 Å². The number of rotatable bonds is 4. The van der Waals surface area contributed by atoms with Gasteiger partial charge in [0.1, 0.15) is 0 Å². The van der Waals surface area contributed by atoms with Crippen molar-refractivity contribution in [2.75, 3.05) is 12.4 Å². The molecule has 0 saturated carbocycles. The van der Waals surface area contributed by atoms with Crippen molar-refractivity contribution >= 4 is 23.2 Å². The van der Waals surface area contributed by atoms with Crippen LogP contribution in [0, 0.1) is 0 Å². The largest absolute Gasteiger partial charge is 0.493 e. The number of amides is 1. The van der Waals surface area contributed by atoms with Gasteiger partial charge in [0.15, 0.2) is 11.9 Å². The summed E-state index contributed by atoms with van der Waals surface area (Å²) in [4.78, 5) is 12.0. The van der Waals surface area contributed by atoms with E-state index < -0.39 is 12.0 Å². The van der Waals surface area contributed by atoms with Crippen molar-refractivity contribution in [3.63, 3.8) is 0 Å². The van der Waals surface area contributed by atoms with Crippen LogP contribution in [0.15, 0.2) is 48.5 Å². The fraction of sp³-hybridized carbons (Fsp3) is 0.133. The van der Waals surface area contributed by atoms with Crippen LogP contribution in [0.25, 0.3) is 0 Å². The van der Waals surface area contributed by atoms with Crippen LogP contribution < -0.4 is 10.1 Å². The van der Waals surface area contributed by atoms with Crippen LogP contribution in [-0.4, -0.2) is 18.1 Å². The van der Waals surface area contributed by atoms with Crippen LogP contribution in [0.3, 0.4) is 0 Å². The molecular formula is C15H14ClNO3. The maximum Gasteiger partial charge on any atom is 0.257 e. The van der Waals surface area contributed by atoms with Gasteiger partial charge in [-0.1, -0.05) is 48.0 Å². The van der Waals surface area contributed by atoms with Crippen molar-refractivity contribution in [1.82, 2.24) is 0 Å². The quantitative estimate of drug-likeness (QED) is 0.910. The second-order valence-electron chi connectivity index (χ2n) is 4.12. The summed E-state index contributed by atoms with van der Waals surface area (Å²) in [6.45, 7) is 0. The number of aliphatic hydroxyl groups is 1. The molecule has 0 aromatic heterocycles. The summed E-state index contributed by atoms with van der Waals surface area (Å²) >= 11 is 5.97. The first kappa shape index (κ1) is 14.4. The normalized spacial score (nSPS) is 11.8. The van der Waals surface area contributed by atoms with E-state index in [1.54, 1.807) is 42.5 Å². The Bertz CT molecular complexity index is 601. The molecule has 2 rings (SSSR count). The minimum atomic E-state index is -1.25. The average Bonchev–Trinajstić information content (AvgIpc) is 2.47. The van der Waals surface area contributed by atoms with E-state index in [9.17, 15) is 9.90 Å². The molecule has 1 atom stereocenters. The standard InChI is InChI=1S/C15H14ClNO3/c1-20-14-11(16)8-5-9-12(14)17-15(19)13(18)10-6-3-2-4-7-10/h2-9,13,18H,1H3,(H,17,19). The maximum atomic E-state index is 12.0. The van der Waals surface area contributed by atoms with Crippen LogP contribution in [0.4, 0.5) is 5.69 Å². The molecule has 4 nitrogen and oxygen atoms in total. The molecule has 0 spiro atoms. The fourth-order valence-corrected chi connectivity index (χ4v) is 2.05. The van der Waals surface area contributed by atoms with E-state index in [0.717, 1.165) is 0 Å². The topological polar surface area (TPSA) is 58.6 Å². The Morgan fingerprint density at radius 2 is 1.90 bits per heavy atom. The van der Waals surface area contributed by atoms with Gasteiger partial charge in [-0.3, -0.25) is 4.79 Å². The Labute approximate surface area is 122 Å². The monoisotopic (exact) mass is 291 g/mol. The number of hydrogen-bond donors (Lipinski definition) is 2. The first-order valence-corrected chi connectivity index (χ1v) is 6.37. The molecule has 20 heavy (non-hydrogen) atoms. The number of halogens is 1. The van der Waals surface area contributed by atoms with Gasteiger partial charge in [-0.05, 0) is 17.7 Å². The Morgan fingerprint density at radius 3 is 2.55 bits per heavy atom. The summed E-state index contributed by atoms with van der Waals surface area (Å²) in [5, 5.41) is 13.0. The first-order chi connectivity index (χ1) is 9.63. The van der Waals surface area contributed by atoms with E-state index in [4.69, 9.17) is 16.3 Å². The molecule has 0 bridgehead atoms. The smallest absolute Gasteiger partial charge is 0.257 e. The van der Waals surface area contributed by atoms with E-state index in [-0.39, 0.29) is 0 Å². The zero-order valence-corrected chi connectivity index (χ0v) is 11.6. The SMILES string of the molecule is COc1c(Cl)cccc1NC(=O)C(O)c1ccccc1. The van der Waals surface area contributed by atoms with Crippen LogP contribution >= 0.6 is 11.6 Å². The molecule has 104 valence electrons. The lowest BCUT2D eigenvalue weighted by Gasteiger charge is -2.14. The second kappa shape index (κ2) is 6.41. The van der Waals surface area contributed by atoms with Gasteiger partial charge in [0.2, 0.25) is 0 Å². The van der Waals surface area contributed by atoms with E-state index >= 15 is 0 Å². The van der Waals surface area contributed by atoms with E-state index in [2.05, 4.69) is 5.32 Å². The number of para-hydroxylation sites is 1. The van der Waals surface area contributed by atoms with Gasteiger partial charge >= 0.3 is 0 Å². The molecule has 5 heteroatoms. The number of anilines is 1. The van der Waals surface area contributed by atoms with Gasteiger partial charge < -0.3 is 15.2 Å². The number of benzene rings is 2. The lowest BCUT2D eigenvalue weighted by atomic mass is 10.1. The second-order valence-corrected chi connectivity index (χ2v) is 4.53. The molecule has 1 unspecified atom stereocenters. The third kappa shape index (κ3) is 3.10. The van der Waals surface area contributed by atoms with Crippen LogP contribution in [0.2, 0.25) is 5.02 Å². The van der Waals surface area contributed by atoms with Crippen molar-refractivity contribution in [2.24, 2.45) is 0 Å². The number of aliphatic hydroxyl groups excluding tert-OH is 1. The number of nitrogens with one attached hydrogen (secondary N) is 1. The van der Waals surface area contributed by atoms with Crippen molar-refractivity contribution in [3.05, 3.63) is 59.1 Å². The first-order valence-electron chi connectivity index (χ1n) is 6.00. The highest BCUT2D eigenvalue weighted by Crippen LogP contribution is 2.32. The van der Waals surface area contributed by atoms with Crippen LogP contribution in [-0.2, 0) is 4.79 Å². The predicted molar refractivity (Wildman–Crippen MR) is 78.0 cm³/mol. The summed E-state index contributed by atoms with van der Waals surface area (Å²) in [5.41, 5.74) is 0.936. The zero-order valence-electron chi connectivity index (χ0n) is 10.8. The Balaban J connectivity index is 2.18. The van der Waals surface area contributed by atoms with E-state index in [1.807, 2.05) is 6.07 Å². The van der Waals surface area contributed by atoms with E-state index in [1.165, 1.54) is 7.11 Å². The van der Waals surface area contributed by atoms with Crippen molar-refractivity contribution in [2.45, 2.75) is 6.10 Å². The highest BCUT2D eigenvalue weighted by Gasteiger charge is 2.19. The molecule has 0 fully saturated rings. The van der Waals surface area contributed by atoms with Crippen molar-refractivity contribution < 1.29 is 14.6 Å². The molecule has 0 aliphatic heterocycles. The van der Waals surface area contributed by atoms with Crippen LogP contribution in [0.1, 0.15) is 11.7 Å². The molecule has 2 N–H and O–H groups in total. The average molecular weight is 292 g/mol. The molecule has 0 aliphatic carbocycles. The molecular weight excluding hydrogens is 278 g/mol. The van der Waals surface area contributed by atoms with Gasteiger partial charge in [0, 0.05) is 0 Å². The minimum Gasteiger partial charge on any atom is -0.493 e. The summed E-state index contributed by atoms with van der Waals surface area (Å²) in [6.07, 6.45) is -1.25. The molecule has 0 radical (unpaired) electrons. The van der Waals surface area contributed by atoms with Crippen molar-refractivity contribution in [1.29, 1.82) is 0 Å². The Kier molecular flexibility index (Phi) is 4.61. The highest BCUT2D eigenvalue weighted by atomic mass is 35.5. The van der Waals surface area contributed by atoms with Crippen LogP contribution in [0.5, 0.6) is 5.75 Å². The maximum absolute atomic E-state index is 12.0. The number of carbonyl (C=O) groups is 1. The van der Waals surface area contributed by atoms with Gasteiger partial charge in [0.05, 0.1) is 17.8 Å². The molecule has 0 heterocycles. The molecule has 2 aromatic rings.